The Bertz CT molecular complexity index is 1070. The molecule has 5 rings (SSSR count). The zero-order chi connectivity index (χ0) is 21.4. The van der Waals surface area contributed by atoms with Crippen LogP contribution in [-0.4, -0.2) is 63.9 Å². The molecule has 0 aliphatic carbocycles. The number of morpholine rings is 1. The molecular formula is C22H22N4O4S. The fraction of sp³-hybridized carbons (Fsp3) is 0.318. The molecule has 3 aliphatic heterocycles. The van der Waals surface area contributed by atoms with Crippen molar-refractivity contribution in [2.75, 3.05) is 37.4 Å². The van der Waals surface area contributed by atoms with E-state index in [0.717, 1.165) is 72.7 Å². The standard InChI is InChI=1S/C22H22N4O4S/c27-20-13-31-22(29)26(20)11-14-1-2-18-16(9-14)17(21(28)24-18)10-19-15(3-4-23-19)12-25-5-7-30-8-6-25/h1-4,9-10,23H,5-8,11-13H2,(H,24,28). The molecule has 2 fully saturated rings. The number of carbonyl (C=O) groups is 3. The first kappa shape index (κ1) is 20.0. The highest BCUT2D eigenvalue weighted by Gasteiger charge is 2.31. The molecule has 3 aliphatic rings. The molecule has 9 heteroatoms. The number of ether oxygens (including phenoxy) is 1. The van der Waals surface area contributed by atoms with E-state index < -0.39 is 0 Å². The van der Waals surface area contributed by atoms with Crippen molar-refractivity contribution in [1.82, 2.24) is 14.8 Å². The van der Waals surface area contributed by atoms with E-state index in [2.05, 4.69) is 15.2 Å². The molecule has 0 bridgehead atoms. The van der Waals surface area contributed by atoms with Crippen LogP contribution in [0.25, 0.3) is 11.6 Å². The number of hydrogen-bond donors (Lipinski definition) is 2. The maximum atomic E-state index is 12.7. The van der Waals surface area contributed by atoms with Crippen molar-refractivity contribution < 1.29 is 19.1 Å². The minimum atomic E-state index is -0.227. The molecule has 2 N–H and O–H groups in total. The van der Waals surface area contributed by atoms with E-state index in [0.29, 0.717) is 5.57 Å². The molecular weight excluding hydrogens is 416 g/mol. The van der Waals surface area contributed by atoms with E-state index in [4.69, 9.17) is 4.74 Å². The van der Waals surface area contributed by atoms with Crippen LogP contribution in [-0.2, 0) is 27.4 Å². The number of H-pyrrole nitrogens is 1. The third-order valence-electron chi connectivity index (χ3n) is 5.70. The van der Waals surface area contributed by atoms with E-state index >= 15 is 0 Å². The Kier molecular flexibility index (Phi) is 5.39. The number of aromatic amines is 1. The number of benzene rings is 1. The van der Waals surface area contributed by atoms with Gasteiger partial charge >= 0.3 is 0 Å². The second-order valence-corrected chi connectivity index (χ2v) is 8.66. The van der Waals surface area contributed by atoms with Crippen LogP contribution in [0.15, 0.2) is 30.5 Å². The average molecular weight is 439 g/mol. The lowest BCUT2D eigenvalue weighted by Gasteiger charge is -2.26. The van der Waals surface area contributed by atoms with Crippen LogP contribution in [0.3, 0.4) is 0 Å². The molecule has 0 unspecified atom stereocenters. The molecule has 0 spiro atoms. The highest BCUT2D eigenvalue weighted by Crippen LogP contribution is 2.35. The van der Waals surface area contributed by atoms with Crippen molar-refractivity contribution in [3.05, 3.63) is 52.8 Å². The molecule has 2 aromatic rings. The summed E-state index contributed by atoms with van der Waals surface area (Å²) in [6, 6.07) is 7.58. The maximum Gasteiger partial charge on any atom is 0.289 e. The van der Waals surface area contributed by atoms with Crippen LogP contribution >= 0.6 is 11.8 Å². The Morgan fingerprint density at radius 1 is 1.10 bits per heavy atom. The predicted molar refractivity (Wildman–Crippen MR) is 118 cm³/mol. The van der Waals surface area contributed by atoms with Gasteiger partial charge in [-0.3, -0.25) is 24.2 Å². The van der Waals surface area contributed by atoms with Crippen molar-refractivity contribution >= 4 is 46.2 Å². The first-order valence-corrected chi connectivity index (χ1v) is 11.2. The highest BCUT2D eigenvalue weighted by molar-refractivity contribution is 8.14. The molecule has 1 aromatic carbocycles. The Morgan fingerprint density at radius 3 is 2.71 bits per heavy atom. The Morgan fingerprint density at radius 2 is 1.94 bits per heavy atom. The smallest absolute Gasteiger partial charge is 0.289 e. The van der Waals surface area contributed by atoms with Crippen LogP contribution in [0.5, 0.6) is 0 Å². The molecule has 8 nitrogen and oxygen atoms in total. The van der Waals surface area contributed by atoms with E-state index in [1.807, 2.05) is 36.5 Å². The molecule has 31 heavy (non-hydrogen) atoms. The van der Waals surface area contributed by atoms with Crippen molar-refractivity contribution in [3.8, 4) is 0 Å². The molecule has 1 aromatic heterocycles. The van der Waals surface area contributed by atoms with Gasteiger partial charge in [0, 0.05) is 42.8 Å². The summed E-state index contributed by atoms with van der Waals surface area (Å²) in [5.41, 5.74) is 4.91. The van der Waals surface area contributed by atoms with Gasteiger partial charge in [-0.05, 0) is 35.4 Å². The van der Waals surface area contributed by atoms with Gasteiger partial charge in [0.25, 0.3) is 11.1 Å². The zero-order valence-corrected chi connectivity index (χ0v) is 17.7. The molecule has 0 radical (unpaired) electrons. The summed E-state index contributed by atoms with van der Waals surface area (Å²) in [7, 11) is 0. The average Bonchev–Trinajstić information content (AvgIpc) is 3.43. The van der Waals surface area contributed by atoms with Crippen LogP contribution in [0.2, 0.25) is 0 Å². The Hall–Kier alpha value is -2.88. The van der Waals surface area contributed by atoms with Crippen LogP contribution in [0, 0.1) is 0 Å². The SMILES string of the molecule is O=C1Nc2ccc(CN3C(=O)CSC3=O)cc2C1=Cc1[nH]ccc1CN1CCOCC1. The van der Waals surface area contributed by atoms with Crippen LogP contribution in [0.4, 0.5) is 10.5 Å². The number of imide groups is 1. The Labute approximate surface area is 183 Å². The topological polar surface area (TPSA) is 94.7 Å². The lowest BCUT2D eigenvalue weighted by molar-refractivity contribution is -0.125. The summed E-state index contributed by atoms with van der Waals surface area (Å²) in [6.45, 7) is 4.25. The summed E-state index contributed by atoms with van der Waals surface area (Å²) >= 11 is 1.02. The van der Waals surface area contributed by atoms with Crippen LogP contribution in [0.1, 0.15) is 22.4 Å². The van der Waals surface area contributed by atoms with E-state index in [-0.39, 0.29) is 29.4 Å². The normalized spacial score (nSPS) is 20.6. The van der Waals surface area contributed by atoms with Gasteiger partial charge in [-0.1, -0.05) is 17.8 Å². The number of anilines is 1. The quantitative estimate of drug-likeness (QED) is 0.697. The fourth-order valence-electron chi connectivity index (χ4n) is 4.02. The number of nitrogens with one attached hydrogen (secondary N) is 2. The summed E-state index contributed by atoms with van der Waals surface area (Å²) in [5, 5.41) is 2.67. The molecule has 0 saturated carbocycles. The van der Waals surface area contributed by atoms with E-state index in [1.165, 1.54) is 4.90 Å². The van der Waals surface area contributed by atoms with Gasteiger partial charge in [-0.25, -0.2) is 0 Å². The minimum absolute atomic E-state index is 0.164. The number of thioether (sulfide) groups is 1. The summed E-state index contributed by atoms with van der Waals surface area (Å²) in [5.74, 6) is -0.157. The first-order valence-electron chi connectivity index (χ1n) is 10.2. The highest BCUT2D eigenvalue weighted by atomic mass is 32.2. The van der Waals surface area contributed by atoms with Gasteiger partial charge in [-0.2, -0.15) is 0 Å². The van der Waals surface area contributed by atoms with E-state index in [9.17, 15) is 14.4 Å². The van der Waals surface area contributed by atoms with Gasteiger partial charge < -0.3 is 15.0 Å². The molecule has 4 heterocycles. The van der Waals surface area contributed by atoms with Gasteiger partial charge in [0.2, 0.25) is 5.91 Å². The van der Waals surface area contributed by atoms with Gasteiger partial charge in [0.1, 0.15) is 0 Å². The predicted octanol–water partition coefficient (Wildman–Crippen LogP) is 2.54. The summed E-state index contributed by atoms with van der Waals surface area (Å²) in [4.78, 5) is 43.4. The van der Waals surface area contributed by atoms with Crippen molar-refractivity contribution in [1.29, 1.82) is 0 Å². The Balaban J connectivity index is 1.41. The minimum Gasteiger partial charge on any atom is -0.379 e. The van der Waals surface area contributed by atoms with Crippen molar-refractivity contribution in [2.24, 2.45) is 0 Å². The monoisotopic (exact) mass is 438 g/mol. The molecule has 0 atom stereocenters. The molecule has 160 valence electrons. The number of rotatable bonds is 5. The zero-order valence-electron chi connectivity index (χ0n) is 16.8. The number of carbonyl (C=O) groups excluding carboxylic acids is 3. The lowest BCUT2D eigenvalue weighted by atomic mass is 10.0. The summed E-state index contributed by atoms with van der Waals surface area (Å²) in [6.07, 6.45) is 3.76. The molecule has 3 amide bonds. The second-order valence-electron chi connectivity index (χ2n) is 7.73. The second kappa shape index (κ2) is 8.33. The fourth-order valence-corrected chi connectivity index (χ4v) is 4.75. The summed E-state index contributed by atoms with van der Waals surface area (Å²) < 4.78 is 5.42. The van der Waals surface area contributed by atoms with Gasteiger partial charge in [0.05, 0.1) is 31.1 Å². The molecule has 2 saturated heterocycles. The number of fused-ring (bicyclic) bond motifs is 1. The van der Waals surface area contributed by atoms with Crippen molar-refractivity contribution in [2.45, 2.75) is 13.1 Å². The van der Waals surface area contributed by atoms with Crippen molar-refractivity contribution in [3.63, 3.8) is 0 Å². The van der Waals surface area contributed by atoms with E-state index in [1.54, 1.807) is 0 Å². The van der Waals surface area contributed by atoms with Crippen LogP contribution < -0.4 is 5.32 Å². The van der Waals surface area contributed by atoms with Gasteiger partial charge in [0.15, 0.2) is 0 Å². The van der Waals surface area contributed by atoms with Gasteiger partial charge in [-0.15, -0.1) is 0 Å². The first-order chi connectivity index (χ1) is 15.1. The maximum absolute atomic E-state index is 12.7. The third-order valence-corrected chi connectivity index (χ3v) is 6.56. The number of amides is 3. The third kappa shape index (κ3) is 4.04. The number of hydrogen-bond acceptors (Lipinski definition) is 6. The number of aromatic nitrogens is 1. The number of nitrogens with zero attached hydrogens (tertiary/aromatic N) is 2. The largest absolute Gasteiger partial charge is 0.379 e. The lowest BCUT2D eigenvalue weighted by Crippen LogP contribution is -2.35.